The van der Waals surface area contributed by atoms with Crippen molar-refractivity contribution in [3.63, 3.8) is 0 Å². The molecule has 122 valence electrons. The van der Waals surface area contributed by atoms with E-state index in [0.717, 1.165) is 36.3 Å². The highest BCUT2D eigenvalue weighted by atomic mass is 16.5. The molecule has 1 aliphatic heterocycles. The first-order chi connectivity index (χ1) is 11.7. The van der Waals surface area contributed by atoms with E-state index in [0.29, 0.717) is 11.3 Å². The molecule has 1 unspecified atom stereocenters. The second kappa shape index (κ2) is 5.96. The zero-order valence-electron chi connectivity index (χ0n) is 13.4. The molecule has 0 bridgehead atoms. The van der Waals surface area contributed by atoms with Crippen LogP contribution in [0.4, 0.5) is 0 Å². The van der Waals surface area contributed by atoms with Crippen LogP contribution in [0, 0.1) is 6.92 Å². The number of hydrogen-bond donors (Lipinski definition) is 1. The van der Waals surface area contributed by atoms with Gasteiger partial charge in [0, 0.05) is 18.2 Å². The fourth-order valence-electron chi connectivity index (χ4n) is 3.29. The van der Waals surface area contributed by atoms with Gasteiger partial charge in [0.05, 0.1) is 29.2 Å². The molecule has 0 radical (unpaired) electrons. The number of amides is 1. The molecule has 1 atom stereocenters. The smallest absolute Gasteiger partial charge is 0.254 e. The second-order valence-electron chi connectivity index (χ2n) is 6.05. The third kappa shape index (κ3) is 2.50. The maximum Gasteiger partial charge on any atom is 0.254 e. The number of rotatable bonds is 3. The van der Waals surface area contributed by atoms with Gasteiger partial charge in [-0.25, -0.2) is 0 Å². The van der Waals surface area contributed by atoms with Gasteiger partial charge in [-0.05, 0) is 31.9 Å². The van der Waals surface area contributed by atoms with Gasteiger partial charge in [0.2, 0.25) is 0 Å². The maximum atomic E-state index is 12.9. The number of nitrogens with one attached hydrogen (secondary N) is 1. The minimum Gasteiger partial charge on any atom is -0.356 e. The Kier molecular flexibility index (Phi) is 3.65. The molecule has 24 heavy (non-hydrogen) atoms. The molecule has 1 N–H and O–H groups in total. The normalized spacial score (nSPS) is 17.4. The predicted octanol–water partition coefficient (Wildman–Crippen LogP) is 3.35. The number of aryl methyl sites for hydroxylation is 1. The largest absolute Gasteiger partial charge is 0.356 e. The molecule has 1 amide bonds. The van der Waals surface area contributed by atoms with Crippen LogP contribution in [0.5, 0.6) is 0 Å². The Morgan fingerprint density at radius 1 is 1.33 bits per heavy atom. The summed E-state index contributed by atoms with van der Waals surface area (Å²) in [5, 5.41) is 11.2. The first kappa shape index (κ1) is 14.7. The lowest BCUT2D eigenvalue weighted by molar-refractivity contribution is 0.0733. The van der Waals surface area contributed by atoms with Crippen molar-refractivity contribution in [2.45, 2.75) is 25.8 Å². The molecule has 1 fully saturated rings. The molecular formula is C18H18N4O2. The van der Waals surface area contributed by atoms with E-state index in [-0.39, 0.29) is 11.9 Å². The van der Waals surface area contributed by atoms with E-state index < -0.39 is 0 Å². The van der Waals surface area contributed by atoms with Crippen molar-refractivity contribution in [1.82, 2.24) is 20.3 Å². The minimum absolute atomic E-state index is 0.0272. The van der Waals surface area contributed by atoms with E-state index in [1.54, 1.807) is 6.20 Å². The van der Waals surface area contributed by atoms with Gasteiger partial charge in [0.15, 0.2) is 5.76 Å². The van der Waals surface area contributed by atoms with E-state index in [1.807, 2.05) is 48.2 Å². The molecule has 3 aromatic rings. The first-order valence-electron chi connectivity index (χ1n) is 8.07. The average Bonchev–Trinajstić information content (AvgIpc) is 3.34. The summed E-state index contributed by atoms with van der Waals surface area (Å²) in [7, 11) is 0. The number of carbonyl (C=O) groups is 1. The summed E-state index contributed by atoms with van der Waals surface area (Å²) in [6, 6.07) is 11.2. The zero-order valence-corrected chi connectivity index (χ0v) is 13.4. The molecular weight excluding hydrogens is 304 g/mol. The van der Waals surface area contributed by atoms with Crippen molar-refractivity contribution in [3.8, 4) is 11.3 Å². The van der Waals surface area contributed by atoms with Crippen LogP contribution in [0.3, 0.4) is 0 Å². The molecule has 2 aromatic heterocycles. The van der Waals surface area contributed by atoms with Crippen LogP contribution in [0.15, 0.2) is 47.1 Å². The van der Waals surface area contributed by atoms with Crippen LogP contribution in [0.1, 0.15) is 40.6 Å². The highest BCUT2D eigenvalue weighted by Gasteiger charge is 2.33. The zero-order chi connectivity index (χ0) is 16.5. The van der Waals surface area contributed by atoms with E-state index in [9.17, 15) is 4.79 Å². The Morgan fingerprint density at radius 3 is 2.92 bits per heavy atom. The number of aromatic nitrogens is 3. The highest BCUT2D eigenvalue weighted by molar-refractivity contribution is 5.94. The number of H-pyrrole nitrogens is 1. The van der Waals surface area contributed by atoms with Crippen LogP contribution in [-0.2, 0) is 0 Å². The van der Waals surface area contributed by atoms with E-state index in [2.05, 4.69) is 15.4 Å². The van der Waals surface area contributed by atoms with E-state index >= 15 is 0 Å². The van der Waals surface area contributed by atoms with Gasteiger partial charge >= 0.3 is 0 Å². The Labute approximate surface area is 139 Å². The first-order valence-corrected chi connectivity index (χ1v) is 8.07. The third-order valence-electron chi connectivity index (χ3n) is 4.43. The van der Waals surface area contributed by atoms with Gasteiger partial charge in [-0.1, -0.05) is 23.4 Å². The lowest BCUT2D eigenvalue weighted by Gasteiger charge is -2.24. The van der Waals surface area contributed by atoms with E-state index in [1.165, 1.54) is 0 Å². The summed E-state index contributed by atoms with van der Waals surface area (Å²) in [5.41, 5.74) is 3.31. The molecule has 1 aromatic carbocycles. The standard InChI is InChI=1S/C18H18N4O2/c1-12-10-16(24-21-12)14-11-19-20-17(14)15-8-5-9-22(15)18(23)13-6-3-2-4-7-13/h2-4,6-7,10-11,15H,5,8-9H2,1H3,(H,19,20). The number of hydrogen-bond acceptors (Lipinski definition) is 4. The maximum absolute atomic E-state index is 12.9. The summed E-state index contributed by atoms with van der Waals surface area (Å²) in [6.45, 7) is 2.62. The summed E-state index contributed by atoms with van der Waals surface area (Å²) in [6.07, 6.45) is 3.61. The molecule has 4 rings (SSSR count). The molecule has 3 heterocycles. The van der Waals surface area contributed by atoms with Crippen molar-refractivity contribution >= 4 is 5.91 Å². The van der Waals surface area contributed by atoms with Gasteiger partial charge in [0.1, 0.15) is 0 Å². The number of likely N-dealkylation sites (tertiary alicyclic amines) is 1. The van der Waals surface area contributed by atoms with Crippen LogP contribution < -0.4 is 0 Å². The van der Waals surface area contributed by atoms with Gasteiger partial charge in [-0.2, -0.15) is 5.10 Å². The lowest BCUT2D eigenvalue weighted by atomic mass is 10.0. The van der Waals surface area contributed by atoms with Crippen molar-refractivity contribution in [3.05, 3.63) is 59.5 Å². The number of aromatic amines is 1. The summed E-state index contributed by atoms with van der Waals surface area (Å²) in [4.78, 5) is 14.8. The van der Waals surface area contributed by atoms with Crippen LogP contribution >= 0.6 is 0 Å². The van der Waals surface area contributed by atoms with Crippen molar-refractivity contribution in [1.29, 1.82) is 0 Å². The molecule has 0 spiro atoms. The predicted molar refractivity (Wildman–Crippen MR) is 88.3 cm³/mol. The molecule has 0 aliphatic carbocycles. The van der Waals surface area contributed by atoms with E-state index in [4.69, 9.17) is 4.52 Å². The van der Waals surface area contributed by atoms with Crippen molar-refractivity contribution in [2.75, 3.05) is 6.54 Å². The summed E-state index contributed by atoms with van der Waals surface area (Å²) >= 11 is 0. The summed E-state index contributed by atoms with van der Waals surface area (Å²) < 4.78 is 5.38. The fourth-order valence-corrected chi connectivity index (χ4v) is 3.29. The van der Waals surface area contributed by atoms with Crippen LogP contribution in [0.2, 0.25) is 0 Å². The summed E-state index contributed by atoms with van der Waals surface area (Å²) in [5.74, 6) is 0.725. The SMILES string of the molecule is Cc1cc(-c2cn[nH]c2C2CCCN2C(=O)c2ccccc2)on1. The Bertz CT molecular complexity index is 853. The molecule has 1 aliphatic rings. The third-order valence-corrected chi connectivity index (χ3v) is 4.43. The van der Waals surface area contributed by atoms with Crippen molar-refractivity contribution < 1.29 is 9.32 Å². The van der Waals surface area contributed by atoms with Gasteiger partial charge in [0.25, 0.3) is 5.91 Å². The lowest BCUT2D eigenvalue weighted by Crippen LogP contribution is -2.31. The molecule has 1 saturated heterocycles. The Morgan fingerprint density at radius 2 is 2.17 bits per heavy atom. The van der Waals surface area contributed by atoms with Gasteiger partial charge < -0.3 is 9.42 Å². The molecule has 6 heteroatoms. The highest BCUT2D eigenvalue weighted by Crippen LogP contribution is 2.37. The topological polar surface area (TPSA) is 75.0 Å². The number of benzene rings is 1. The number of carbonyl (C=O) groups excluding carboxylic acids is 1. The van der Waals surface area contributed by atoms with Crippen LogP contribution in [-0.4, -0.2) is 32.7 Å². The minimum atomic E-state index is -0.0272. The monoisotopic (exact) mass is 322 g/mol. The van der Waals surface area contributed by atoms with Gasteiger partial charge in [-0.15, -0.1) is 0 Å². The Balaban J connectivity index is 1.67. The Hall–Kier alpha value is -2.89. The second-order valence-corrected chi connectivity index (χ2v) is 6.05. The average molecular weight is 322 g/mol. The molecule has 6 nitrogen and oxygen atoms in total. The van der Waals surface area contributed by atoms with Gasteiger partial charge in [-0.3, -0.25) is 9.89 Å². The molecule has 0 saturated carbocycles. The number of nitrogens with zero attached hydrogens (tertiary/aromatic N) is 3. The quantitative estimate of drug-likeness (QED) is 0.802. The van der Waals surface area contributed by atoms with Crippen molar-refractivity contribution in [2.24, 2.45) is 0 Å². The fraction of sp³-hybridized carbons (Fsp3) is 0.278. The van der Waals surface area contributed by atoms with Crippen LogP contribution in [0.25, 0.3) is 11.3 Å².